The third kappa shape index (κ3) is 2.83. The molecule has 0 aromatic heterocycles. The van der Waals surface area contributed by atoms with E-state index in [-0.39, 0.29) is 11.9 Å². The van der Waals surface area contributed by atoms with E-state index in [4.69, 9.17) is 5.73 Å². The Hall–Kier alpha value is -1.35. The summed E-state index contributed by atoms with van der Waals surface area (Å²) >= 11 is 0. The molecule has 16 heavy (non-hydrogen) atoms. The summed E-state index contributed by atoms with van der Waals surface area (Å²) < 4.78 is 13.8. The summed E-state index contributed by atoms with van der Waals surface area (Å²) in [6.45, 7) is 8.89. The second-order valence-corrected chi connectivity index (χ2v) is 3.83. The number of halogens is 1. The molecule has 0 heterocycles. The van der Waals surface area contributed by atoms with Gasteiger partial charge >= 0.3 is 0 Å². The Morgan fingerprint density at radius 2 is 2.25 bits per heavy atom. The predicted molar refractivity (Wildman–Crippen MR) is 67.1 cm³/mol. The summed E-state index contributed by atoms with van der Waals surface area (Å²) in [6, 6.07) is 5.01. The first kappa shape index (κ1) is 12.7. The van der Waals surface area contributed by atoms with E-state index in [2.05, 4.69) is 6.58 Å². The number of anilines is 1. The maximum atomic E-state index is 13.8. The van der Waals surface area contributed by atoms with Gasteiger partial charge in [-0.15, -0.1) is 6.58 Å². The zero-order valence-electron chi connectivity index (χ0n) is 9.91. The van der Waals surface area contributed by atoms with Crippen LogP contribution in [0, 0.1) is 5.82 Å². The highest BCUT2D eigenvalue weighted by Crippen LogP contribution is 2.22. The molecule has 1 atom stereocenters. The largest absolute Gasteiger partial charge is 0.366 e. The van der Waals surface area contributed by atoms with Crippen LogP contribution in [0.2, 0.25) is 0 Å². The van der Waals surface area contributed by atoms with Gasteiger partial charge in [0.1, 0.15) is 5.82 Å². The monoisotopic (exact) mass is 222 g/mol. The van der Waals surface area contributed by atoms with Crippen molar-refractivity contribution in [2.45, 2.75) is 19.9 Å². The topological polar surface area (TPSA) is 29.3 Å². The van der Waals surface area contributed by atoms with Crippen molar-refractivity contribution in [2.75, 3.05) is 18.0 Å². The molecule has 1 rings (SSSR count). The lowest BCUT2D eigenvalue weighted by molar-refractivity contribution is 0.616. The average molecular weight is 222 g/mol. The predicted octanol–water partition coefficient (Wildman–Crippen LogP) is 2.86. The molecular formula is C13H19FN2. The third-order valence-corrected chi connectivity index (χ3v) is 2.57. The highest BCUT2D eigenvalue weighted by Gasteiger charge is 2.10. The molecule has 0 radical (unpaired) electrons. The van der Waals surface area contributed by atoms with Crippen molar-refractivity contribution in [3.05, 3.63) is 42.2 Å². The van der Waals surface area contributed by atoms with Crippen LogP contribution in [0.1, 0.15) is 25.5 Å². The Morgan fingerprint density at radius 3 is 2.69 bits per heavy atom. The molecule has 0 saturated carbocycles. The summed E-state index contributed by atoms with van der Waals surface area (Å²) in [5.41, 5.74) is 7.12. The second kappa shape index (κ2) is 5.66. The van der Waals surface area contributed by atoms with Gasteiger partial charge in [-0.2, -0.15) is 0 Å². The van der Waals surface area contributed by atoms with E-state index in [1.165, 1.54) is 6.07 Å². The smallest absolute Gasteiger partial charge is 0.146 e. The number of hydrogen-bond acceptors (Lipinski definition) is 2. The van der Waals surface area contributed by atoms with E-state index in [1.54, 1.807) is 12.1 Å². The summed E-state index contributed by atoms with van der Waals surface area (Å²) in [4.78, 5) is 1.92. The lowest BCUT2D eigenvalue weighted by Gasteiger charge is -2.22. The van der Waals surface area contributed by atoms with Gasteiger partial charge in [0.05, 0.1) is 5.69 Å². The molecule has 88 valence electrons. The van der Waals surface area contributed by atoms with E-state index in [0.29, 0.717) is 12.2 Å². The number of benzene rings is 1. The normalized spacial score (nSPS) is 12.2. The minimum Gasteiger partial charge on any atom is -0.366 e. The maximum absolute atomic E-state index is 13.8. The molecule has 0 aliphatic heterocycles. The fourth-order valence-corrected chi connectivity index (χ4v) is 1.62. The van der Waals surface area contributed by atoms with Crippen LogP contribution in [0.25, 0.3) is 0 Å². The zero-order chi connectivity index (χ0) is 12.1. The second-order valence-electron chi connectivity index (χ2n) is 3.83. The van der Waals surface area contributed by atoms with Crippen LogP contribution >= 0.6 is 0 Å². The van der Waals surface area contributed by atoms with Gasteiger partial charge in [0.2, 0.25) is 0 Å². The fraction of sp³-hybridized carbons (Fsp3) is 0.385. The van der Waals surface area contributed by atoms with Gasteiger partial charge in [-0.05, 0) is 31.5 Å². The molecule has 0 bridgehead atoms. The number of likely N-dealkylation sites (N-methyl/N-ethyl adjacent to an activating group) is 1. The lowest BCUT2D eigenvalue weighted by Crippen LogP contribution is -2.23. The number of hydrogen-bond donors (Lipinski definition) is 1. The molecule has 0 spiro atoms. The molecule has 1 aromatic carbocycles. The first-order chi connectivity index (χ1) is 7.60. The van der Waals surface area contributed by atoms with Crippen LogP contribution in [0.15, 0.2) is 30.9 Å². The van der Waals surface area contributed by atoms with Gasteiger partial charge < -0.3 is 10.6 Å². The summed E-state index contributed by atoms with van der Waals surface area (Å²) in [7, 11) is 0. The van der Waals surface area contributed by atoms with Crippen molar-refractivity contribution < 1.29 is 4.39 Å². The zero-order valence-corrected chi connectivity index (χ0v) is 9.91. The molecule has 0 fully saturated rings. The van der Waals surface area contributed by atoms with Crippen molar-refractivity contribution in [1.82, 2.24) is 0 Å². The number of nitrogens with zero attached hydrogens (tertiary/aromatic N) is 1. The molecule has 1 aromatic rings. The minimum absolute atomic E-state index is 0.141. The summed E-state index contributed by atoms with van der Waals surface area (Å²) in [5, 5.41) is 0. The molecule has 0 amide bonds. The van der Waals surface area contributed by atoms with E-state index in [0.717, 1.165) is 12.1 Å². The van der Waals surface area contributed by atoms with Gasteiger partial charge in [0.25, 0.3) is 0 Å². The first-order valence-electron chi connectivity index (χ1n) is 5.51. The summed E-state index contributed by atoms with van der Waals surface area (Å²) in [6.07, 6.45) is 1.77. The van der Waals surface area contributed by atoms with E-state index >= 15 is 0 Å². The maximum Gasteiger partial charge on any atom is 0.146 e. The SMILES string of the molecule is C=CCN(CC)c1ccc([C@@H](C)N)cc1F. The van der Waals surface area contributed by atoms with Crippen LogP contribution < -0.4 is 10.6 Å². The Morgan fingerprint density at radius 1 is 1.56 bits per heavy atom. The molecular weight excluding hydrogens is 203 g/mol. The quantitative estimate of drug-likeness (QED) is 0.776. The Kier molecular flexibility index (Phi) is 4.50. The van der Waals surface area contributed by atoms with E-state index in [9.17, 15) is 4.39 Å². The molecule has 2 nitrogen and oxygen atoms in total. The highest BCUT2D eigenvalue weighted by molar-refractivity contribution is 5.50. The third-order valence-electron chi connectivity index (χ3n) is 2.57. The average Bonchev–Trinajstić information content (AvgIpc) is 2.26. The van der Waals surface area contributed by atoms with E-state index < -0.39 is 0 Å². The number of nitrogens with two attached hydrogens (primary N) is 1. The molecule has 0 saturated heterocycles. The van der Waals surface area contributed by atoms with Gasteiger partial charge in [0, 0.05) is 19.1 Å². The Bertz CT molecular complexity index is 361. The molecule has 0 unspecified atom stereocenters. The molecule has 0 aliphatic rings. The molecule has 3 heteroatoms. The molecule has 2 N–H and O–H groups in total. The van der Waals surface area contributed by atoms with Crippen LogP contribution in [-0.2, 0) is 0 Å². The van der Waals surface area contributed by atoms with Gasteiger partial charge in [-0.25, -0.2) is 4.39 Å². The van der Waals surface area contributed by atoms with Crippen molar-refractivity contribution in [3.8, 4) is 0 Å². The fourth-order valence-electron chi connectivity index (χ4n) is 1.62. The van der Waals surface area contributed by atoms with Crippen molar-refractivity contribution in [1.29, 1.82) is 0 Å². The van der Waals surface area contributed by atoms with Crippen LogP contribution in [-0.4, -0.2) is 13.1 Å². The minimum atomic E-state index is -0.224. The van der Waals surface area contributed by atoms with Crippen molar-refractivity contribution >= 4 is 5.69 Å². The van der Waals surface area contributed by atoms with Crippen LogP contribution in [0.5, 0.6) is 0 Å². The lowest BCUT2D eigenvalue weighted by atomic mass is 10.1. The first-order valence-corrected chi connectivity index (χ1v) is 5.51. The molecule has 0 aliphatic carbocycles. The number of rotatable bonds is 5. The van der Waals surface area contributed by atoms with Crippen molar-refractivity contribution in [2.24, 2.45) is 5.73 Å². The van der Waals surface area contributed by atoms with Gasteiger partial charge in [0.15, 0.2) is 0 Å². The highest BCUT2D eigenvalue weighted by atomic mass is 19.1. The van der Waals surface area contributed by atoms with Gasteiger partial charge in [-0.3, -0.25) is 0 Å². The Balaban J connectivity index is 3.01. The van der Waals surface area contributed by atoms with Crippen LogP contribution in [0.3, 0.4) is 0 Å². The van der Waals surface area contributed by atoms with Gasteiger partial charge in [-0.1, -0.05) is 12.1 Å². The summed E-state index contributed by atoms with van der Waals surface area (Å²) in [5.74, 6) is -0.224. The van der Waals surface area contributed by atoms with Crippen molar-refractivity contribution in [3.63, 3.8) is 0 Å². The standard InChI is InChI=1S/C13H19FN2/c1-4-8-16(5-2)13-7-6-11(10(3)15)9-12(13)14/h4,6-7,9-10H,1,5,8,15H2,2-3H3/t10-/m1/s1. The van der Waals surface area contributed by atoms with E-state index in [1.807, 2.05) is 24.8 Å². The Labute approximate surface area is 96.6 Å². The van der Waals surface area contributed by atoms with Crippen LogP contribution in [0.4, 0.5) is 10.1 Å².